The first-order chi connectivity index (χ1) is 12.7. The maximum Gasteiger partial charge on any atom is 0.389 e. The van der Waals surface area contributed by atoms with Crippen LogP contribution in [-0.2, 0) is 6.54 Å². The van der Waals surface area contributed by atoms with Crippen LogP contribution in [0.15, 0.2) is 47.4 Å². The topological polar surface area (TPSA) is 68.2 Å². The molecule has 0 spiro atoms. The molecule has 1 aromatic heterocycles. The molecule has 27 heavy (non-hydrogen) atoms. The molecule has 0 unspecified atom stereocenters. The number of halogens is 3. The summed E-state index contributed by atoms with van der Waals surface area (Å²) in [5.41, 5.74) is 0.00980. The van der Waals surface area contributed by atoms with Gasteiger partial charge in [0.25, 0.3) is 11.5 Å². The minimum atomic E-state index is -4.33. The normalized spacial score (nSPS) is 11.3. The van der Waals surface area contributed by atoms with Gasteiger partial charge < -0.3 is 9.88 Å². The Kier molecular flexibility index (Phi) is 6.55. The van der Waals surface area contributed by atoms with Gasteiger partial charge in [0.15, 0.2) is 5.78 Å². The Balaban J connectivity index is 2.33. The Morgan fingerprint density at radius 1 is 1.15 bits per heavy atom. The zero-order valence-electron chi connectivity index (χ0n) is 14.7. The summed E-state index contributed by atoms with van der Waals surface area (Å²) in [6.07, 6.45) is -4.78. The smallest absolute Gasteiger partial charge is 0.355 e. The van der Waals surface area contributed by atoms with E-state index in [1.807, 2.05) is 6.07 Å². The van der Waals surface area contributed by atoms with E-state index in [1.54, 1.807) is 24.3 Å². The Morgan fingerprint density at radius 2 is 1.81 bits per heavy atom. The number of pyridine rings is 1. The van der Waals surface area contributed by atoms with Crippen LogP contribution >= 0.6 is 0 Å². The summed E-state index contributed by atoms with van der Waals surface area (Å²) < 4.78 is 38.0. The maximum atomic E-state index is 12.5. The molecule has 0 saturated carbocycles. The van der Waals surface area contributed by atoms with Gasteiger partial charge in [-0.15, -0.1) is 0 Å². The predicted molar refractivity (Wildman–Crippen MR) is 93.9 cm³/mol. The monoisotopic (exact) mass is 380 g/mol. The summed E-state index contributed by atoms with van der Waals surface area (Å²) in [4.78, 5) is 36.8. The Hall–Kier alpha value is -2.90. The van der Waals surface area contributed by atoms with E-state index in [9.17, 15) is 27.6 Å². The summed E-state index contributed by atoms with van der Waals surface area (Å²) >= 11 is 0. The highest BCUT2D eigenvalue weighted by Gasteiger charge is 2.27. The summed E-state index contributed by atoms with van der Waals surface area (Å²) in [5, 5.41) is 2.33. The van der Waals surface area contributed by atoms with Crippen LogP contribution in [0.3, 0.4) is 0 Å². The highest BCUT2D eigenvalue weighted by atomic mass is 19.4. The number of hydrogen-bond acceptors (Lipinski definition) is 3. The fraction of sp³-hybridized carbons (Fsp3) is 0.316. The largest absolute Gasteiger partial charge is 0.389 e. The summed E-state index contributed by atoms with van der Waals surface area (Å²) in [6, 6.07) is 10.1. The van der Waals surface area contributed by atoms with Crippen LogP contribution in [-0.4, -0.2) is 29.5 Å². The van der Waals surface area contributed by atoms with E-state index in [0.717, 1.165) is 11.6 Å². The number of alkyl halides is 3. The first-order valence-electron chi connectivity index (χ1n) is 8.31. The zero-order valence-corrected chi connectivity index (χ0v) is 14.7. The number of Topliss-reactive ketones (excluding diaryl/α,β-unsaturated/α-hetero) is 1. The Morgan fingerprint density at radius 3 is 2.41 bits per heavy atom. The van der Waals surface area contributed by atoms with E-state index in [0.29, 0.717) is 0 Å². The Labute approximate surface area is 153 Å². The van der Waals surface area contributed by atoms with Gasteiger partial charge in [0.1, 0.15) is 5.56 Å². The number of ketones is 1. The fourth-order valence-electron chi connectivity index (χ4n) is 2.58. The Bertz CT molecular complexity index is 874. The predicted octanol–water partition coefficient (Wildman–Crippen LogP) is 3.17. The first kappa shape index (κ1) is 20.4. The zero-order chi connectivity index (χ0) is 20.0. The van der Waals surface area contributed by atoms with Gasteiger partial charge in [0.05, 0.1) is 6.54 Å². The lowest BCUT2D eigenvalue weighted by atomic mass is 10.0. The van der Waals surface area contributed by atoms with Gasteiger partial charge in [-0.05, 0) is 18.1 Å². The van der Waals surface area contributed by atoms with Crippen molar-refractivity contribution in [1.29, 1.82) is 0 Å². The van der Waals surface area contributed by atoms with Crippen LogP contribution in [0.25, 0.3) is 0 Å². The molecule has 2 aromatic rings. The lowest BCUT2D eigenvalue weighted by Gasteiger charge is -2.11. The van der Waals surface area contributed by atoms with Crippen LogP contribution in [0, 0.1) is 0 Å². The van der Waals surface area contributed by atoms with E-state index >= 15 is 0 Å². The molecule has 0 aliphatic heterocycles. The van der Waals surface area contributed by atoms with Gasteiger partial charge in [0, 0.05) is 31.6 Å². The molecule has 0 aliphatic rings. The van der Waals surface area contributed by atoms with Crippen LogP contribution < -0.4 is 10.9 Å². The number of carbonyl (C=O) groups is 2. The lowest BCUT2D eigenvalue weighted by Crippen LogP contribution is -2.32. The molecule has 1 heterocycles. The lowest BCUT2D eigenvalue weighted by molar-refractivity contribution is -0.135. The molecular weight excluding hydrogens is 361 g/mol. The van der Waals surface area contributed by atoms with Crippen LogP contribution in [0.4, 0.5) is 13.2 Å². The summed E-state index contributed by atoms with van der Waals surface area (Å²) in [6.45, 7) is 0.132. The molecule has 0 fully saturated rings. The third-order valence-electron chi connectivity index (χ3n) is 3.94. The molecule has 0 bridgehead atoms. The van der Waals surface area contributed by atoms with Crippen molar-refractivity contribution in [1.82, 2.24) is 9.88 Å². The average Bonchev–Trinajstić information content (AvgIpc) is 2.62. The third kappa shape index (κ3) is 5.80. The quantitative estimate of drug-likeness (QED) is 0.751. The molecule has 0 aliphatic carbocycles. The van der Waals surface area contributed by atoms with Gasteiger partial charge in [-0.3, -0.25) is 14.4 Å². The molecule has 0 saturated heterocycles. The number of benzene rings is 1. The van der Waals surface area contributed by atoms with Crippen molar-refractivity contribution in [2.45, 2.75) is 32.0 Å². The second kappa shape index (κ2) is 8.66. The van der Waals surface area contributed by atoms with Gasteiger partial charge in [-0.25, -0.2) is 0 Å². The molecule has 0 radical (unpaired) electrons. The van der Waals surface area contributed by atoms with Crippen molar-refractivity contribution in [3.63, 3.8) is 0 Å². The van der Waals surface area contributed by atoms with E-state index in [1.165, 1.54) is 17.8 Å². The highest BCUT2D eigenvalue weighted by Crippen LogP contribution is 2.23. The highest BCUT2D eigenvalue weighted by molar-refractivity contribution is 6.00. The van der Waals surface area contributed by atoms with E-state index in [2.05, 4.69) is 5.32 Å². The van der Waals surface area contributed by atoms with Gasteiger partial charge in [-0.2, -0.15) is 13.2 Å². The van der Waals surface area contributed by atoms with Crippen molar-refractivity contribution in [2.24, 2.45) is 0 Å². The van der Waals surface area contributed by atoms with Crippen molar-refractivity contribution < 1.29 is 22.8 Å². The molecule has 8 heteroatoms. The molecule has 0 atom stereocenters. The van der Waals surface area contributed by atoms with Crippen LogP contribution in [0.2, 0.25) is 0 Å². The van der Waals surface area contributed by atoms with Crippen LogP contribution in [0.5, 0.6) is 0 Å². The standard InChI is InChI=1S/C19H19F3N2O3/c1-23-17(26)15-10-14(16(25)8-5-9-19(20,21)22)12-24(18(15)27)11-13-6-3-2-4-7-13/h2-4,6-7,10,12H,5,8-9,11H2,1H3,(H,23,26). The third-order valence-corrected chi connectivity index (χ3v) is 3.94. The van der Waals surface area contributed by atoms with Gasteiger partial charge in [-0.1, -0.05) is 30.3 Å². The average molecular weight is 380 g/mol. The number of nitrogens with zero attached hydrogens (tertiary/aromatic N) is 1. The molecule has 1 N–H and O–H groups in total. The van der Waals surface area contributed by atoms with E-state index < -0.39 is 29.8 Å². The molecule has 1 aromatic carbocycles. The van der Waals surface area contributed by atoms with Crippen molar-refractivity contribution in [3.05, 3.63) is 69.6 Å². The minimum Gasteiger partial charge on any atom is -0.355 e. The van der Waals surface area contributed by atoms with E-state index in [4.69, 9.17) is 0 Å². The fourth-order valence-corrected chi connectivity index (χ4v) is 2.58. The van der Waals surface area contributed by atoms with Crippen molar-refractivity contribution in [2.75, 3.05) is 7.05 Å². The number of hydrogen-bond donors (Lipinski definition) is 1. The van der Waals surface area contributed by atoms with E-state index in [-0.39, 0.29) is 30.5 Å². The SMILES string of the molecule is CNC(=O)c1cc(C(=O)CCCC(F)(F)F)cn(Cc2ccccc2)c1=O. The number of rotatable bonds is 7. The number of amides is 1. The number of aromatic nitrogens is 1. The summed E-state index contributed by atoms with van der Waals surface area (Å²) in [7, 11) is 1.35. The van der Waals surface area contributed by atoms with Gasteiger partial charge >= 0.3 is 6.18 Å². The van der Waals surface area contributed by atoms with Crippen molar-refractivity contribution >= 4 is 11.7 Å². The molecule has 144 valence electrons. The van der Waals surface area contributed by atoms with Crippen LogP contribution in [0.1, 0.15) is 45.5 Å². The van der Waals surface area contributed by atoms with Crippen molar-refractivity contribution in [3.8, 4) is 0 Å². The molecule has 2 rings (SSSR count). The number of carbonyl (C=O) groups excluding carboxylic acids is 2. The second-order valence-corrected chi connectivity index (χ2v) is 6.03. The van der Waals surface area contributed by atoms with Gasteiger partial charge in [0.2, 0.25) is 0 Å². The minimum absolute atomic E-state index is 0.0336. The molecule has 1 amide bonds. The molecule has 5 nitrogen and oxygen atoms in total. The second-order valence-electron chi connectivity index (χ2n) is 6.03. The maximum absolute atomic E-state index is 12.5. The molecular formula is C19H19F3N2O3. The number of nitrogens with one attached hydrogen (secondary N) is 1. The summed E-state index contributed by atoms with van der Waals surface area (Å²) in [5.74, 6) is -1.21. The first-order valence-corrected chi connectivity index (χ1v) is 8.31.